The third-order valence-corrected chi connectivity index (χ3v) is 1.84. The predicted octanol–water partition coefficient (Wildman–Crippen LogP) is 0.346. The molecule has 98 valence electrons. The van der Waals surface area contributed by atoms with Gasteiger partial charge in [-0.1, -0.05) is 0 Å². The zero-order valence-corrected chi connectivity index (χ0v) is 12.8. The second-order valence-corrected chi connectivity index (χ2v) is 3.34. The SMILES string of the molecule is N#Cc1ccc(OC[B-](F)(F)F)c(C(F)(F)F)c1.[K+]. The first-order valence-electron chi connectivity index (χ1n) is 4.58. The van der Waals surface area contributed by atoms with E-state index < -0.39 is 31.0 Å². The van der Waals surface area contributed by atoms with Crippen molar-refractivity contribution in [3.63, 3.8) is 0 Å². The van der Waals surface area contributed by atoms with Gasteiger partial charge in [0.15, 0.2) is 0 Å². The van der Waals surface area contributed by atoms with Gasteiger partial charge in [0.2, 0.25) is 0 Å². The number of nitriles is 1. The number of ether oxygens (including phenoxy) is 1. The van der Waals surface area contributed by atoms with Crippen LogP contribution in [0.25, 0.3) is 0 Å². The minimum atomic E-state index is -5.35. The average Bonchev–Trinajstić information content (AvgIpc) is 2.24. The number of hydrogen-bond donors (Lipinski definition) is 0. The van der Waals surface area contributed by atoms with Gasteiger partial charge in [-0.05, 0) is 18.2 Å². The first kappa shape index (κ1) is 18.8. The molecule has 1 rings (SSSR count). The van der Waals surface area contributed by atoms with Gasteiger partial charge in [-0.15, -0.1) is 0 Å². The number of benzene rings is 1. The molecule has 0 aliphatic heterocycles. The minimum absolute atomic E-state index is 0. The third-order valence-electron chi connectivity index (χ3n) is 1.84. The summed E-state index contributed by atoms with van der Waals surface area (Å²) in [7, 11) is 0. The van der Waals surface area contributed by atoms with E-state index in [4.69, 9.17) is 5.26 Å². The Morgan fingerprint density at radius 1 is 1.21 bits per heavy atom. The topological polar surface area (TPSA) is 33.0 Å². The van der Waals surface area contributed by atoms with Crippen molar-refractivity contribution >= 4 is 6.98 Å². The van der Waals surface area contributed by atoms with Crippen LogP contribution in [0.15, 0.2) is 18.2 Å². The first-order valence-corrected chi connectivity index (χ1v) is 4.58. The summed E-state index contributed by atoms with van der Waals surface area (Å²) in [6.07, 6.45) is -4.89. The van der Waals surface area contributed by atoms with E-state index in [1.807, 2.05) is 0 Å². The zero-order chi connectivity index (χ0) is 14.0. The molecule has 0 fully saturated rings. The Morgan fingerprint density at radius 2 is 1.79 bits per heavy atom. The van der Waals surface area contributed by atoms with E-state index in [1.165, 1.54) is 6.07 Å². The Kier molecular flexibility index (Phi) is 6.91. The van der Waals surface area contributed by atoms with Gasteiger partial charge in [-0.25, -0.2) is 0 Å². The Balaban J connectivity index is 0.00000324. The summed E-state index contributed by atoms with van der Waals surface area (Å²) >= 11 is 0. The Hall–Kier alpha value is -0.209. The monoisotopic (exact) mass is 307 g/mol. The van der Waals surface area contributed by atoms with Gasteiger partial charge in [0.25, 0.3) is 0 Å². The molecule has 0 aliphatic carbocycles. The van der Waals surface area contributed by atoms with Crippen LogP contribution in [-0.2, 0) is 6.18 Å². The molecule has 0 aliphatic rings. The van der Waals surface area contributed by atoms with Crippen LogP contribution < -0.4 is 56.1 Å². The second kappa shape index (κ2) is 6.99. The maximum absolute atomic E-state index is 12.5. The fraction of sp³-hybridized carbons (Fsp3) is 0.222. The standard InChI is InChI=1S/C9H5BF6NO.K/c11-9(12,13)7-3-6(4-17)1-2-8(7)18-5-10(14,15)16;/h1-3H,5H2;/q-1;+1. The van der Waals surface area contributed by atoms with Crippen LogP contribution in [0.2, 0.25) is 0 Å². The van der Waals surface area contributed by atoms with Crippen molar-refractivity contribution in [1.29, 1.82) is 5.26 Å². The van der Waals surface area contributed by atoms with Crippen molar-refractivity contribution in [2.45, 2.75) is 6.18 Å². The molecule has 1 aromatic carbocycles. The van der Waals surface area contributed by atoms with E-state index in [9.17, 15) is 26.1 Å². The van der Waals surface area contributed by atoms with Gasteiger partial charge >= 0.3 is 64.5 Å². The second-order valence-electron chi connectivity index (χ2n) is 3.34. The minimum Gasteiger partial charge on any atom is -0.521 e. The molecule has 0 aromatic heterocycles. The van der Waals surface area contributed by atoms with Crippen LogP contribution in [0.1, 0.15) is 11.1 Å². The van der Waals surface area contributed by atoms with Gasteiger partial charge in [0, 0.05) is 0 Å². The van der Waals surface area contributed by atoms with Crippen molar-refractivity contribution in [2.24, 2.45) is 0 Å². The van der Waals surface area contributed by atoms with E-state index >= 15 is 0 Å². The van der Waals surface area contributed by atoms with Crippen molar-refractivity contribution in [2.75, 3.05) is 6.51 Å². The molecule has 0 radical (unpaired) electrons. The van der Waals surface area contributed by atoms with Crippen LogP contribution in [0.5, 0.6) is 5.75 Å². The molecule has 0 saturated heterocycles. The van der Waals surface area contributed by atoms with Gasteiger partial charge < -0.3 is 17.7 Å². The van der Waals surface area contributed by atoms with Crippen LogP contribution in [0.3, 0.4) is 0 Å². The van der Waals surface area contributed by atoms with E-state index in [0.29, 0.717) is 12.1 Å². The number of alkyl halides is 3. The molecule has 0 bridgehead atoms. The Morgan fingerprint density at radius 3 is 2.21 bits per heavy atom. The third kappa shape index (κ3) is 6.18. The molecule has 0 amide bonds. The number of rotatable bonds is 3. The molecular weight excluding hydrogens is 302 g/mol. The smallest absolute Gasteiger partial charge is 0.521 e. The summed E-state index contributed by atoms with van der Waals surface area (Å²) in [5.74, 6) is -0.944. The molecule has 0 atom stereocenters. The molecule has 1 aromatic rings. The van der Waals surface area contributed by atoms with E-state index in [-0.39, 0.29) is 56.9 Å². The van der Waals surface area contributed by atoms with Crippen LogP contribution in [-0.4, -0.2) is 13.5 Å². The molecular formula is C9H5BF6KNO. The summed E-state index contributed by atoms with van der Waals surface area (Å²) in [5, 5.41) is 8.44. The van der Waals surface area contributed by atoms with E-state index in [0.717, 1.165) is 6.07 Å². The maximum Gasteiger partial charge on any atom is 1.00 e. The van der Waals surface area contributed by atoms with Crippen LogP contribution in [0, 0.1) is 11.3 Å². The van der Waals surface area contributed by atoms with Gasteiger partial charge in [-0.3, -0.25) is 0 Å². The molecule has 0 saturated carbocycles. The number of hydrogen-bond acceptors (Lipinski definition) is 2. The molecule has 2 nitrogen and oxygen atoms in total. The van der Waals surface area contributed by atoms with Crippen LogP contribution >= 0.6 is 0 Å². The summed E-state index contributed by atoms with van der Waals surface area (Å²) in [6, 6.07) is 3.56. The van der Waals surface area contributed by atoms with Gasteiger partial charge in [0.05, 0.1) is 23.7 Å². The fourth-order valence-electron chi connectivity index (χ4n) is 1.13. The van der Waals surface area contributed by atoms with E-state index in [2.05, 4.69) is 4.74 Å². The van der Waals surface area contributed by atoms with Gasteiger partial charge in [0.1, 0.15) is 5.75 Å². The van der Waals surface area contributed by atoms with Crippen molar-refractivity contribution < 1.29 is 82.2 Å². The Bertz CT molecular complexity index is 481. The molecule has 0 unspecified atom stereocenters. The van der Waals surface area contributed by atoms with Crippen molar-refractivity contribution in [1.82, 2.24) is 0 Å². The number of halogens is 6. The molecule has 0 spiro atoms. The van der Waals surface area contributed by atoms with Crippen molar-refractivity contribution in [3.05, 3.63) is 29.3 Å². The Labute approximate surface area is 147 Å². The quantitative estimate of drug-likeness (QED) is 0.596. The van der Waals surface area contributed by atoms with Gasteiger partial charge in [-0.2, -0.15) is 18.4 Å². The maximum atomic E-state index is 12.5. The normalized spacial score (nSPS) is 11.4. The van der Waals surface area contributed by atoms with E-state index in [1.54, 1.807) is 0 Å². The summed E-state index contributed by atoms with van der Waals surface area (Å²) in [6.45, 7) is -7.12. The largest absolute Gasteiger partial charge is 1.00 e. The molecule has 0 heterocycles. The molecule has 0 N–H and O–H groups in total. The van der Waals surface area contributed by atoms with Crippen LogP contribution in [0.4, 0.5) is 26.1 Å². The summed E-state index contributed by atoms with van der Waals surface area (Å²) < 4.78 is 77.4. The molecule has 19 heavy (non-hydrogen) atoms. The summed E-state index contributed by atoms with van der Waals surface area (Å²) in [4.78, 5) is 0. The first-order chi connectivity index (χ1) is 8.13. The summed E-state index contributed by atoms with van der Waals surface area (Å²) in [5.41, 5.74) is -1.71. The fourth-order valence-corrected chi connectivity index (χ4v) is 1.13. The average molecular weight is 307 g/mol. The zero-order valence-electron chi connectivity index (χ0n) is 9.64. The predicted molar refractivity (Wildman–Crippen MR) is 50.7 cm³/mol. The number of nitrogens with zero attached hydrogens (tertiary/aromatic N) is 1. The molecule has 10 heteroatoms. The van der Waals surface area contributed by atoms with Crippen molar-refractivity contribution in [3.8, 4) is 11.8 Å².